The minimum Gasteiger partial charge on any atom is -0.357 e. The van der Waals surface area contributed by atoms with Crippen LogP contribution in [0.1, 0.15) is 5.56 Å². The van der Waals surface area contributed by atoms with E-state index < -0.39 is 0 Å². The summed E-state index contributed by atoms with van der Waals surface area (Å²) < 4.78 is 0. The van der Waals surface area contributed by atoms with Crippen molar-refractivity contribution in [3.8, 4) is 0 Å². The molecule has 0 aromatic heterocycles. The molecule has 4 heteroatoms. The van der Waals surface area contributed by atoms with Crippen LogP contribution in [0, 0.1) is 0 Å². The number of azide groups is 1. The number of nitrogens with zero attached hydrogens (tertiary/aromatic N) is 3. The summed E-state index contributed by atoms with van der Waals surface area (Å²) in [5.74, 6) is 0. The van der Waals surface area contributed by atoms with Crippen molar-refractivity contribution in [2.24, 2.45) is 5.11 Å². The molecule has 4 nitrogen and oxygen atoms in total. The Morgan fingerprint density at radius 2 is 2.00 bits per heavy atom. The maximum Gasteiger partial charge on any atom is 0.0780 e. The number of hydrogen-bond acceptors (Lipinski definition) is 1. The summed E-state index contributed by atoms with van der Waals surface area (Å²) in [5, 5.41) is 3.47. The molecule has 12 heavy (non-hydrogen) atoms. The Hall–Kier alpha value is -1.51. The highest BCUT2D eigenvalue weighted by Crippen LogP contribution is 2.12. The zero-order chi connectivity index (χ0) is 8.81. The summed E-state index contributed by atoms with van der Waals surface area (Å²) in [6.07, 6.45) is 0.969. The predicted octanol–water partition coefficient (Wildman–Crippen LogP) is 1.41. The molecule has 0 aliphatic carbocycles. The first-order valence-corrected chi connectivity index (χ1v) is 3.80. The summed E-state index contributed by atoms with van der Waals surface area (Å²) in [4.78, 5) is 2.69. The van der Waals surface area contributed by atoms with Gasteiger partial charge in [0.1, 0.15) is 0 Å². The highest BCUT2D eigenvalue weighted by Gasteiger charge is 1.91. The molecule has 1 rings (SSSR count). The number of rotatable bonds is 3. The third-order valence-electron chi connectivity index (χ3n) is 1.56. The number of benzene rings is 1. The Kier molecular flexibility index (Phi) is 3.14. The van der Waals surface area contributed by atoms with Crippen LogP contribution in [-0.2, 0) is 6.42 Å². The highest BCUT2D eigenvalue weighted by molar-refractivity contribution is 5.38. The second kappa shape index (κ2) is 4.38. The Morgan fingerprint density at radius 1 is 1.33 bits per heavy atom. The molecule has 0 spiro atoms. The maximum absolute atomic E-state index is 8.14. The van der Waals surface area contributed by atoms with Gasteiger partial charge in [0.25, 0.3) is 0 Å². The second-order valence-electron chi connectivity index (χ2n) is 2.46. The molecule has 0 fully saturated rings. The summed E-state index contributed by atoms with van der Waals surface area (Å²) in [7, 11) is 0. The van der Waals surface area contributed by atoms with Crippen molar-refractivity contribution in [3.05, 3.63) is 40.3 Å². The van der Waals surface area contributed by atoms with Crippen molar-refractivity contribution in [1.29, 1.82) is 0 Å². The quantitative estimate of drug-likeness (QED) is 0.397. The van der Waals surface area contributed by atoms with Gasteiger partial charge in [-0.1, -0.05) is 29.4 Å². The van der Waals surface area contributed by atoms with Gasteiger partial charge in [0, 0.05) is 17.0 Å². The molecular formula is C8H11N4+. The molecule has 0 heterocycles. The first-order valence-electron chi connectivity index (χ1n) is 3.80. The van der Waals surface area contributed by atoms with E-state index in [1.54, 1.807) is 0 Å². The first kappa shape index (κ1) is 8.59. The predicted molar refractivity (Wildman–Crippen MR) is 46.7 cm³/mol. The minimum absolute atomic E-state index is 0.658. The third kappa shape index (κ3) is 2.27. The van der Waals surface area contributed by atoms with Crippen LogP contribution in [0.25, 0.3) is 10.4 Å². The Labute approximate surface area is 70.6 Å². The lowest BCUT2D eigenvalue weighted by Gasteiger charge is -1.96. The highest BCUT2D eigenvalue weighted by atomic mass is 15.1. The maximum atomic E-state index is 8.14. The van der Waals surface area contributed by atoms with Crippen molar-refractivity contribution in [2.75, 3.05) is 6.54 Å². The Balaban J connectivity index is 2.77. The van der Waals surface area contributed by atoms with Crippen LogP contribution in [0.3, 0.4) is 0 Å². The summed E-state index contributed by atoms with van der Waals surface area (Å²) in [6, 6.07) is 7.53. The third-order valence-corrected chi connectivity index (χ3v) is 1.56. The van der Waals surface area contributed by atoms with Crippen LogP contribution in [0.5, 0.6) is 0 Å². The lowest BCUT2D eigenvalue weighted by atomic mass is 10.1. The van der Waals surface area contributed by atoms with E-state index in [2.05, 4.69) is 15.8 Å². The molecule has 0 atom stereocenters. The standard InChI is InChI=1S/C8H10N4/c9-6-5-7-1-3-8(4-2-7)11-12-10/h1-4H,5-6,9H2/p+1. The van der Waals surface area contributed by atoms with E-state index in [0.29, 0.717) is 5.69 Å². The Morgan fingerprint density at radius 3 is 2.50 bits per heavy atom. The summed E-state index contributed by atoms with van der Waals surface area (Å²) in [5.41, 5.74) is 13.8. The molecule has 0 saturated carbocycles. The lowest BCUT2D eigenvalue weighted by molar-refractivity contribution is -0.366. The van der Waals surface area contributed by atoms with Crippen molar-refractivity contribution >= 4 is 5.69 Å². The normalized spacial score (nSPS) is 9.08. The summed E-state index contributed by atoms with van der Waals surface area (Å²) >= 11 is 0. The second-order valence-corrected chi connectivity index (χ2v) is 2.46. The van der Waals surface area contributed by atoms with Gasteiger partial charge < -0.3 is 5.73 Å². The van der Waals surface area contributed by atoms with Gasteiger partial charge in [0.2, 0.25) is 0 Å². The zero-order valence-electron chi connectivity index (χ0n) is 6.77. The molecular weight excluding hydrogens is 152 g/mol. The fraction of sp³-hybridized carbons (Fsp3) is 0.250. The van der Waals surface area contributed by atoms with Gasteiger partial charge >= 0.3 is 0 Å². The molecule has 0 aliphatic rings. The van der Waals surface area contributed by atoms with Gasteiger partial charge in [-0.05, 0) is 11.1 Å². The van der Waals surface area contributed by atoms with E-state index in [9.17, 15) is 0 Å². The SMILES string of the molecule is [N-]=[N+]=Nc1ccc(CC[NH3+])cc1. The molecule has 0 radical (unpaired) electrons. The molecule has 0 amide bonds. The number of quaternary nitrogens is 1. The zero-order valence-corrected chi connectivity index (χ0v) is 6.77. The van der Waals surface area contributed by atoms with Crippen LogP contribution < -0.4 is 5.73 Å². The van der Waals surface area contributed by atoms with E-state index in [1.165, 1.54) is 5.56 Å². The van der Waals surface area contributed by atoms with Crippen molar-refractivity contribution in [3.63, 3.8) is 0 Å². The van der Waals surface area contributed by atoms with Gasteiger partial charge in [-0.15, -0.1) is 0 Å². The van der Waals surface area contributed by atoms with Crippen LogP contribution in [-0.4, -0.2) is 6.54 Å². The fourth-order valence-electron chi connectivity index (χ4n) is 0.985. The molecule has 3 N–H and O–H groups in total. The van der Waals surface area contributed by atoms with E-state index >= 15 is 0 Å². The molecule has 1 aromatic carbocycles. The lowest BCUT2D eigenvalue weighted by Crippen LogP contribution is -2.51. The smallest absolute Gasteiger partial charge is 0.0780 e. The van der Waals surface area contributed by atoms with Crippen molar-refractivity contribution in [1.82, 2.24) is 0 Å². The van der Waals surface area contributed by atoms with Crippen molar-refractivity contribution < 1.29 is 5.73 Å². The van der Waals surface area contributed by atoms with E-state index in [0.717, 1.165) is 13.0 Å². The van der Waals surface area contributed by atoms with Gasteiger partial charge in [-0.3, -0.25) is 0 Å². The van der Waals surface area contributed by atoms with Crippen LogP contribution >= 0.6 is 0 Å². The monoisotopic (exact) mass is 163 g/mol. The van der Waals surface area contributed by atoms with Gasteiger partial charge in [0.15, 0.2) is 0 Å². The topological polar surface area (TPSA) is 76.4 Å². The van der Waals surface area contributed by atoms with Crippen LogP contribution in [0.2, 0.25) is 0 Å². The molecule has 0 saturated heterocycles. The fourth-order valence-corrected chi connectivity index (χ4v) is 0.985. The summed E-state index contributed by atoms with van der Waals surface area (Å²) in [6.45, 7) is 0.890. The van der Waals surface area contributed by atoms with Crippen molar-refractivity contribution in [2.45, 2.75) is 6.42 Å². The molecule has 62 valence electrons. The molecule has 0 aliphatic heterocycles. The first-order chi connectivity index (χ1) is 5.86. The van der Waals surface area contributed by atoms with E-state index in [4.69, 9.17) is 5.53 Å². The van der Waals surface area contributed by atoms with E-state index in [-0.39, 0.29) is 0 Å². The van der Waals surface area contributed by atoms with Gasteiger partial charge in [-0.2, -0.15) is 0 Å². The minimum atomic E-state index is 0.658. The molecule has 0 bridgehead atoms. The average Bonchev–Trinajstić information content (AvgIpc) is 2.09. The average molecular weight is 163 g/mol. The number of hydrogen-bond donors (Lipinski definition) is 1. The van der Waals surface area contributed by atoms with Crippen LogP contribution in [0.4, 0.5) is 5.69 Å². The van der Waals surface area contributed by atoms with Crippen LogP contribution in [0.15, 0.2) is 29.4 Å². The molecule has 1 aromatic rings. The largest absolute Gasteiger partial charge is 0.357 e. The Bertz CT molecular complexity index is 284. The van der Waals surface area contributed by atoms with Gasteiger partial charge in [0.05, 0.1) is 6.54 Å². The molecule has 0 unspecified atom stereocenters. The van der Waals surface area contributed by atoms with E-state index in [1.807, 2.05) is 24.3 Å². The van der Waals surface area contributed by atoms with Gasteiger partial charge in [-0.25, -0.2) is 0 Å².